The van der Waals surface area contributed by atoms with Crippen molar-refractivity contribution >= 4 is 34.2 Å². The number of nitrogens with zero attached hydrogens (tertiary/aromatic N) is 3. The number of thioether (sulfide) groups is 1. The molecule has 6 heteroatoms. The molecule has 0 saturated heterocycles. The number of benzene rings is 1. The molecule has 1 atom stereocenters. The van der Waals surface area contributed by atoms with Gasteiger partial charge in [-0.1, -0.05) is 23.3 Å². The number of hydrazone groups is 1. The quantitative estimate of drug-likeness (QED) is 0.702. The molecule has 0 aromatic heterocycles. The average Bonchev–Trinajstić information content (AvgIpc) is 2.64. The molecule has 0 radical (unpaired) electrons. The Morgan fingerprint density at radius 3 is 2.94 bits per heavy atom. The van der Waals surface area contributed by atoms with E-state index in [2.05, 4.69) is 5.10 Å². The monoisotopic (exact) mass is 261 g/mol. The van der Waals surface area contributed by atoms with E-state index >= 15 is 0 Å². The van der Waals surface area contributed by atoms with Crippen LogP contribution in [0, 0.1) is 0 Å². The van der Waals surface area contributed by atoms with Gasteiger partial charge in [0.1, 0.15) is 18.1 Å². The summed E-state index contributed by atoms with van der Waals surface area (Å²) in [5.41, 5.74) is 8.69. The Labute approximate surface area is 109 Å². The van der Waals surface area contributed by atoms with Crippen LogP contribution >= 0.6 is 11.8 Å². The van der Waals surface area contributed by atoms with Gasteiger partial charge in [-0.3, -0.25) is 15.4 Å². The first-order valence-electron chi connectivity index (χ1n) is 5.60. The van der Waals surface area contributed by atoms with Gasteiger partial charge in [0, 0.05) is 12.5 Å². The van der Waals surface area contributed by atoms with Crippen molar-refractivity contribution in [3.8, 4) is 0 Å². The summed E-state index contributed by atoms with van der Waals surface area (Å²) in [4.78, 5) is 13.6. The van der Waals surface area contributed by atoms with E-state index in [1.54, 1.807) is 16.5 Å². The van der Waals surface area contributed by atoms with Crippen molar-refractivity contribution in [2.24, 2.45) is 10.8 Å². The van der Waals surface area contributed by atoms with Gasteiger partial charge in [-0.25, -0.2) is 0 Å². The van der Waals surface area contributed by atoms with Crippen LogP contribution in [0.5, 0.6) is 0 Å². The minimum Gasteiger partial charge on any atom is -0.293 e. The highest BCUT2D eigenvalue weighted by Gasteiger charge is 2.42. The van der Waals surface area contributed by atoms with E-state index in [1.807, 2.05) is 31.3 Å². The van der Waals surface area contributed by atoms with Gasteiger partial charge < -0.3 is 0 Å². The molecule has 18 heavy (non-hydrogen) atoms. The van der Waals surface area contributed by atoms with Crippen LogP contribution in [0.4, 0.5) is 5.69 Å². The topological polar surface area (TPSA) is 61.7 Å². The predicted octanol–water partition coefficient (Wildman–Crippen LogP) is 0.787. The molecule has 1 amide bonds. The predicted molar refractivity (Wildman–Crippen MR) is 72.9 cm³/mol. The molecule has 3 rings (SSSR count). The number of hydrogen-bond acceptors (Lipinski definition) is 4. The lowest BCUT2D eigenvalue weighted by atomic mass is 10.1. The molecule has 1 aromatic carbocycles. The maximum absolute atomic E-state index is 11.8. The second kappa shape index (κ2) is 3.84. The van der Waals surface area contributed by atoms with Crippen LogP contribution < -0.4 is 10.6 Å². The molecule has 0 fully saturated rings. The lowest BCUT2D eigenvalue weighted by Gasteiger charge is -2.23. The number of fused-ring (bicyclic) bond motifs is 3. The summed E-state index contributed by atoms with van der Waals surface area (Å²) in [5, 5.41) is 4.93. The molecule has 1 unspecified atom stereocenters. The van der Waals surface area contributed by atoms with Crippen LogP contribution in [-0.2, 0) is 4.79 Å². The number of hydrogen-bond donors (Lipinski definition) is 1. The Morgan fingerprint density at radius 1 is 1.50 bits per heavy atom. The highest BCUT2D eigenvalue weighted by molar-refractivity contribution is 8.14. The largest absolute Gasteiger partial charge is 0.331 e. The zero-order valence-corrected chi connectivity index (χ0v) is 10.9. The zero-order chi connectivity index (χ0) is 12.9. The Hall–Kier alpha value is -1.82. The number of anilines is 1. The number of nitrogens with two attached hydrogens (primary N) is 1. The third kappa shape index (κ3) is 1.45. The fraction of sp³-hybridized carbons (Fsp3) is 0.250. The first kappa shape index (κ1) is 11.3. The summed E-state index contributed by atoms with van der Waals surface area (Å²) < 4.78 is 1.65. The van der Waals surface area contributed by atoms with Crippen molar-refractivity contribution in [3.05, 3.63) is 29.8 Å². The van der Waals surface area contributed by atoms with Crippen LogP contribution in [0.1, 0.15) is 12.5 Å². The van der Waals surface area contributed by atoms with Gasteiger partial charge >= 0.3 is 5.17 Å². The van der Waals surface area contributed by atoms with Gasteiger partial charge in [-0.05, 0) is 17.8 Å². The van der Waals surface area contributed by atoms with Crippen LogP contribution in [0.3, 0.4) is 0 Å². The number of carbonyl (C=O) groups excluding carboxylic acids is 1. The highest BCUT2D eigenvalue weighted by atomic mass is 32.2. The zero-order valence-electron chi connectivity index (χ0n) is 10.1. The summed E-state index contributed by atoms with van der Waals surface area (Å²) in [7, 11) is 1.81. The van der Waals surface area contributed by atoms with Crippen LogP contribution in [-0.4, -0.2) is 33.9 Å². The first-order chi connectivity index (χ1) is 8.59. The Bertz CT molecular complexity index is 608. The molecular formula is C12H13N4OS+. The van der Waals surface area contributed by atoms with E-state index in [1.165, 1.54) is 11.8 Å². The smallest absolute Gasteiger partial charge is 0.293 e. The molecule has 0 aliphatic carbocycles. The van der Waals surface area contributed by atoms with Crippen LogP contribution in [0.15, 0.2) is 29.4 Å². The number of amidine groups is 1. The SMILES string of the molecule is CC(=O)N1c2ccccc2C2=N[N+](C)=C(N)SC21. The summed E-state index contributed by atoms with van der Waals surface area (Å²) in [6.07, 6.45) is 0. The third-order valence-electron chi connectivity index (χ3n) is 3.06. The van der Waals surface area contributed by atoms with Crippen molar-refractivity contribution in [3.63, 3.8) is 0 Å². The molecule has 2 aliphatic heterocycles. The van der Waals surface area contributed by atoms with Gasteiger partial charge in [-0.2, -0.15) is 0 Å². The Balaban J connectivity index is 2.21. The van der Waals surface area contributed by atoms with E-state index < -0.39 is 0 Å². The van der Waals surface area contributed by atoms with E-state index in [-0.39, 0.29) is 11.3 Å². The standard InChI is InChI=1S/C12H12N4OS/c1-7(17)16-9-6-4-3-5-8(9)10-11(16)18-12(13)15(2)14-10/h3-6,11,13H,1-2H3/p+1. The summed E-state index contributed by atoms with van der Waals surface area (Å²) >= 11 is 1.45. The molecule has 2 aliphatic rings. The minimum absolute atomic E-state index is 0.00232. The molecule has 2 N–H and O–H groups in total. The van der Waals surface area contributed by atoms with Crippen molar-refractivity contribution < 1.29 is 9.48 Å². The number of amides is 1. The average molecular weight is 261 g/mol. The van der Waals surface area contributed by atoms with E-state index in [9.17, 15) is 4.79 Å². The van der Waals surface area contributed by atoms with Crippen LogP contribution in [0.2, 0.25) is 0 Å². The van der Waals surface area contributed by atoms with Gasteiger partial charge in [0.2, 0.25) is 5.91 Å². The van der Waals surface area contributed by atoms with Gasteiger partial charge in [-0.15, -0.1) is 4.68 Å². The third-order valence-corrected chi connectivity index (χ3v) is 4.22. The summed E-state index contributed by atoms with van der Waals surface area (Å²) in [6.45, 7) is 1.56. The second-order valence-corrected chi connectivity index (χ2v) is 5.32. The molecule has 92 valence electrons. The van der Waals surface area contributed by atoms with Gasteiger partial charge in [0.15, 0.2) is 0 Å². The van der Waals surface area contributed by atoms with E-state index in [0.717, 1.165) is 17.0 Å². The number of carbonyl (C=O) groups is 1. The molecular weight excluding hydrogens is 248 g/mol. The van der Waals surface area contributed by atoms with Crippen LogP contribution in [0.25, 0.3) is 0 Å². The number of rotatable bonds is 0. The molecule has 0 saturated carbocycles. The first-order valence-corrected chi connectivity index (χ1v) is 6.48. The van der Waals surface area contributed by atoms with Crippen molar-refractivity contribution in [2.75, 3.05) is 11.9 Å². The molecule has 2 heterocycles. The fourth-order valence-corrected chi connectivity index (χ4v) is 3.31. The minimum atomic E-state index is -0.143. The van der Waals surface area contributed by atoms with Crippen molar-refractivity contribution in [1.29, 1.82) is 0 Å². The van der Waals surface area contributed by atoms with Gasteiger partial charge in [0.05, 0.1) is 5.69 Å². The maximum atomic E-state index is 11.8. The number of para-hydroxylation sites is 1. The van der Waals surface area contributed by atoms with Crippen molar-refractivity contribution in [2.45, 2.75) is 12.3 Å². The molecule has 0 bridgehead atoms. The molecule has 1 aromatic rings. The Morgan fingerprint density at radius 2 is 2.22 bits per heavy atom. The Kier molecular flexibility index (Phi) is 2.41. The van der Waals surface area contributed by atoms with E-state index in [0.29, 0.717) is 5.17 Å². The van der Waals surface area contributed by atoms with Crippen molar-refractivity contribution in [1.82, 2.24) is 0 Å². The molecule has 5 nitrogen and oxygen atoms in total. The highest BCUT2D eigenvalue weighted by Crippen LogP contribution is 2.38. The summed E-state index contributed by atoms with van der Waals surface area (Å²) in [5.74, 6) is 0.00232. The normalized spacial score (nSPS) is 21.6. The lowest BCUT2D eigenvalue weighted by Crippen LogP contribution is -2.42. The van der Waals surface area contributed by atoms with E-state index in [4.69, 9.17) is 5.73 Å². The molecule has 0 spiro atoms. The fourth-order valence-electron chi connectivity index (χ4n) is 2.23. The summed E-state index contributed by atoms with van der Waals surface area (Å²) in [6, 6.07) is 7.80. The van der Waals surface area contributed by atoms with Gasteiger partial charge in [0.25, 0.3) is 0 Å². The second-order valence-electron chi connectivity index (χ2n) is 4.22. The maximum Gasteiger partial charge on any atom is 0.331 e. The lowest BCUT2D eigenvalue weighted by molar-refractivity contribution is -0.501.